The topological polar surface area (TPSA) is 38.3 Å². The summed E-state index contributed by atoms with van der Waals surface area (Å²) in [6.07, 6.45) is -0.660. The Hall–Kier alpha value is -1.71. The van der Waals surface area contributed by atoms with E-state index < -0.39 is 6.10 Å². The van der Waals surface area contributed by atoms with Crippen molar-refractivity contribution < 1.29 is 9.53 Å². The minimum absolute atomic E-state index is 0.258. The second-order valence-corrected chi connectivity index (χ2v) is 6.41. The van der Waals surface area contributed by atoms with Gasteiger partial charge in [-0.3, -0.25) is 4.79 Å². The minimum atomic E-state index is -0.660. The molecule has 0 fully saturated rings. The number of carbonyl (C=O) groups excluding carboxylic acids is 1. The molecule has 0 aliphatic rings. The number of halogens is 2. The number of anilines is 1. The Morgan fingerprint density at radius 3 is 2.35 bits per heavy atom. The Kier molecular flexibility index (Phi) is 5.55. The van der Waals surface area contributed by atoms with Crippen molar-refractivity contribution in [3.8, 4) is 5.75 Å². The highest BCUT2D eigenvalue weighted by molar-refractivity contribution is 6.34. The van der Waals surface area contributed by atoms with Crippen LogP contribution in [0, 0.1) is 20.8 Å². The molecule has 1 amide bonds. The summed E-state index contributed by atoms with van der Waals surface area (Å²) in [6.45, 7) is 7.44. The van der Waals surface area contributed by atoms with Crippen LogP contribution in [0.5, 0.6) is 5.75 Å². The Morgan fingerprint density at radius 2 is 1.74 bits per heavy atom. The number of aryl methyl sites for hydroxylation is 3. The molecule has 1 N–H and O–H groups in total. The largest absolute Gasteiger partial charge is 0.481 e. The molecule has 0 radical (unpaired) electrons. The molecule has 0 aliphatic carbocycles. The van der Waals surface area contributed by atoms with Gasteiger partial charge in [-0.15, -0.1) is 0 Å². The van der Waals surface area contributed by atoms with E-state index in [-0.39, 0.29) is 5.91 Å². The molecule has 5 heteroatoms. The van der Waals surface area contributed by atoms with Crippen LogP contribution >= 0.6 is 23.2 Å². The summed E-state index contributed by atoms with van der Waals surface area (Å²) in [4.78, 5) is 12.3. The fourth-order valence-corrected chi connectivity index (χ4v) is 2.73. The van der Waals surface area contributed by atoms with Crippen LogP contribution in [0.25, 0.3) is 0 Å². The van der Waals surface area contributed by atoms with E-state index in [0.717, 1.165) is 16.7 Å². The van der Waals surface area contributed by atoms with Crippen molar-refractivity contribution >= 4 is 34.8 Å². The summed E-state index contributed by atoms with van der Waals surface area (Å²) >= 11 is 12.2. The number of amides is 1. The first kappa shape index (κ1) is 17.6. The van der Waals surface area contributed by atoms with Crippen molar-refractivity contribution in [3.63, 3.8) is 0 Å². The lowest BCUT2D eigenvalue weighted by Gasteiger charge is -2.17. The van der Waals surface area contributed by atoms with Gasteiger partial charge in [-0.1, -0.05) is 29.3 Å². The zero-order chi connectivity index (χ0) is 17.1. The number of nitrogens with one attached hydrogen (secondary N) is 1. The summed E-state index contributed by atoms with van der Waals surface area (Å²) in [5.41, 5.74) is 3.48. The van der Waals surface area contributed by atoms with Crippen LogP contribution in [-0.4, -0.2) is 12.0 Å². The molecule has 2 aromatic rings. The Morgan fingerprint density at radius 1 is 1.04 bits per heavy atom. The van der Waals surface area contributed by atoms with Gasteiger partial charge in [0.05, 0.1) is 10.7 Å². The van der Waals surface area contributed by atoms with Crippen LogP contribution in [0.4, 0.5) is 5.69 Å². The summed E-state index contributed by atoms with van der Waals surface area (Å²) in [5, 5.41) is 4.01. The van der Waals surface area contributed by atoms with Crippen molar-refractivity contribution in [2.75, 3.05) is 5.32 Å². The van der Waals surface area contributed by atoms with Crippen molar-refractivity contribution in [3.05, 3.63) is 57.1 Å². The van der Waals surface area contributed by atoms with Gasteiger partial charge in [0, 0.05) is 5.02 Å². The van der Waals surface area contributed by atoms with Gasteiger partial charge in [0.1, 0.15) is 5.75 Å². The SMILES string of the molecule is Cc1cc(C)c(NC(=O)C(C)Oc2ccc(Cl)c(C)c2)c(Cl)c1. The second-order valence-electron chi connectivity index (χ2n) is 5.60. The maximum atomic E-state index is 12.3. The van der Waals surface area contributed by atoms with Crippen LogP contribution in [-0.2, 0) is 4.79 Å². The lowest BCUT2D eigenvalue weighted by Crippen LogP contribution is -2.30. The maximum absolute atomic E-state index is 12.3. The smallest absolute Gasteiger partial charge is 0.265 e. The highest BCUT2D eigenvalue weighted by atomic mass is 35.5. The molecule has 0 heterocycles. The monoisotopic (exact) mass is 351 g/mol. The number of rotatable bonds is 4. The fraction of sp³-hybridized carbons (Fsp3) is 0.278. The van der Waals surface area contributed by atoms with Crippen molar-refractivity contribution in [1.29, 1.82) is 0 Å². The molecule has 1 unspecified atom stereocenters. The Bertz CT molecular complexity index is 721. The first-order chi connectivity index (χ1) is 10.8. The number of hydrogen-bond acceptors (Lipinski definition) is 2. The van der Waals surface area contributed by atoms with E-state index in [1.807, 2.05) is 32.9 Å². The van der Waals surface area contributed by atoms with E-state index in [4.69, 9.17) is 27.9 Å². The number of ether oxygens (including phenoxy) is 1. The molecule has 2 aromatic carbocycles. The van der Waals surface area contributed by atoms with Gasteiger partial charge in [-0.05, 0) is 68.7 Å². The highest BCUT2D eigenvalue weighted by Gasteiger charge is 2.17. The van der Waals surface area contributed by atoms with E-state index in [9.17, 15) is 4.79 Å². The van der Waals surface area contributed by atoms with Crippen molar-refractivity contribution in [1.82, 2.24) is 0 Å². The van der Waals surface area contributed by atoms with Crippen LogP contribution in [0.2, 0.25) is 10.0 Å². The number of carbonyl (C=O) groups is 1. The Balaban J connectivity index is 2.10. The maximum Gasteiger partial charge on any atom is 0.265 e. The molecule has 0 saturated carbocycles. The van der Waals surface area contributed by atoms with Gasteiger partial charge >= 0.3 is 0 Å². The molecule has 0 bridgehead atoms. The average molecular weight is 352 g/mol. The molecular formula is C18H19Cl2NO2. The molecule has 2 rings (SSSR count). The number of benzene rings is 2. The van der Waals surface area contributed by atoms with Crippen LogP contribution < -0.4 is 10.1 Å². The third-order valence-electron chi connectivity index (χ3n) is 3.49. The quantitative estimate of drug-likeness (QED) is 0.808. The molecule has 0 saturated heterocycles. The van der Waals surface area contributed by atoms with E-state index >= 15 is 0 Å². The fourth-order valence-electron chi connectivity index (χ4n) is 2.25. The summed E-state index contributed by atoms with van der Waals surface area (Å²) < 4.78 is 5.67. The van der Waals surface area contributed by atoms with Crippen molar-refractivity contribution in [2.24, 2.45) is 0 Å². The molecule has 0 spiro atoms. The first-order valence-corrected chi connectivity index (χ1v) is 8.04. The van der Waals surface area contributed by atoms with Crippen LogP contribution in [0.3, 0.4) is 0 Å². The third kappa shape index (κ3) is 4.40. The number of hydrogen-bond donors (Lipinski definition) is 1. The molecular weight excluding hydrogens is 333 g/mol. The van der Waals surface area contributed by atoms with E-state index in [0.29, 0.717) is 21.5 Å². The van der Waals surface area contributed by atoms with E-state index in [2.05, 4.69) is 5.32 Å². The molecule has 122 valence electrons. The third-order valence-corrected chi connectivity index (χ3v) is 4.21. The van der Waals surface area contributed by atoms with Crippen LogP contribution in [0.1, 0.15) is 23.6 Å². The predicted octanol–water partition coefficient (Wildman–Crippen LogP) is 5.32. The Labute approximate surface area is 146 Å². The average Bonchev–Trinajstić information content (AvgIpc) is 2.46. The second kappa shape index (κ2) is 7.24. The van der Waals surface area contributed by atoms with E-state index in [1.54, 1.807) is 25.1 Å². The molecule has 0 aliphatic heterocycles. The van der Waals surface area contributed by atoms with Gasteiger partial charge in [0.15, 0.2) is 6.10 Å². The van der Waals surface area contributed by atoms with Crippen LogP contribution in [0.15, 0.2) is 30.3 Å². The van der Waals surface area contributed by atoms with Gasteiger partial charge in [-0.2, -0.15) is 0 Å². The normalized spacial score (nSPS) is 11.9. The first-order valence-electron chi connectivity index (χ1n) is 7.28. The van der Waals surface area contributed by atoms with Gasteiger partial charge in [0.25, 0.3) is 5.91 Å². The standard InChI is InChI=1S/C18H19Cl2NO2/c1-10-7-12(3)17(16(20)8-10)21-18(22)13(4)23-14-5-6-15(19)11(2)9-14/h5-9,13H,1-4H3,(H,21,22). The molecule has 23 heavy (non-hydrogen) atoms. The lowest BCUT2D eigenvalue weighted by atomic mass is 10.1. The summed E-state index contributed by atoms with van der Waals surface area (Å²) in [7, 11) is 0. The molecule has 1 atom stereocenters. The van der Waals surface area contributed by atoms with Gasteiger partial charge in [-0.25, -0.2) is 0 Å². The summed E-state index contributed by atoms with van der Waals surface area (Å²) in [6, 6.07) is 9.07. The van der Waals surface area contributed by atoms with Crippen molar-refractivity contribution in [2.45, 2.75) is 33.8 Å². The van der Waals surface area contributed by atoms with Gasteiger partial charge in [0.2, 0.25) is 0 Å². The summed E-state index contributed by atoms with van der Waals surface area (Å²) in [5.74, 6) is 0.340. The van der Waals surface area contributed by atoms with E-state index in [1.165, 1.54) is 0 Å². The molecule has 0 aromatic heterocycles. The lowest BCUT2D eigenvalue weighted by molar-refractivity contribution is -0.122. The highest BCUT2D eigenvalue weighted by Crippen LogP contribution is 2.28. The molecule has 3 nitrogen and oxygen atoms in total. The van der Waals surface area contributed by atoms with Gasteiger partial charge < -0.3 is 10.1 Å². The minimum Gasteiger partial charge on any atom is -0.481 e. The zero-order valence-corrected chi connectivity index (χ0v) is 15.0. The zero-order valence-electron chi connectivity index (χ0n) is 13.5. The predicted molar refractivity (Wildman–Crippen MR) is 95.8 cm³/mol.